The minimum atomic E-state index is 0.0645. The lowest BCUT2D eigenvalue weighted by molar-refractivity contribution is 0.0710. The number of hydrogen-bond acceptors (Lipinski definition) is 6. The predicted octanol–water partition coefficient (Wildman–Crippen LogP) is 4.65. The van der Waals surface area contributed by atoms with Crippen molar-refractivity contribution in [2.75, 3.05) is 32.1 Å². The SMILES string of the molecule is Cc1ncsc1C(=O)N1CCC[C@H](c2nc(N(C)C)ncc2-c2ccc(Cl)cc2)C1. The standard InChI is InChI=1S/C22H24ClN5OS/c1-14-20(30-13-25-14)21(29)28-10-4-5-16(12-28)19-18(11-24-22(26-19)27(2)3)15-6-8-17(23)9-7-15/h6-9,11,13,16H,4-5,10,12H2,1-3H3/t16-/m0/s1. The first-order chi connectivity index (χ1) is 14.4. The lowest BCUT2D eigenvalue weighted by Crippen LogP contribution is -2.39. The zero-order valence-electron chi connectivity index (χ0n) is 17.3. The zero-order chi connectivity index (χ0) is 21.3. The van der Waals surface area contributed by atoms with Gasteiger partial charge in [0.15, 0.2) is 0 Å². The molecular formula is C22H24ClN5OS. The van der Waals surface area contributed by atoms with Crippen LogP contribution in [0.4, 0.5) is 5.95 Å². The molecule has 1 fully saturated rings. The number of halogens is 1. The molecule has 0 saturated carbocycles. The summed E-state index contributed by atoms with van der Waals surface area (Å²) in [7, 11) is 3.87. The smallest absolute Gasteiger partial charge is 0.265 e. The fourth-order valence-electron chi connectivity index (χ4n) is 3.80. The zero-order valence-corrected chi connectivity index (χ0v) is 18.9. The number of rotatable bonds is 4. The van der Waals surface area contributed by atoms with Crippen molar-refractivity contribution >= 4 is 34.8 Å². The number of aryl methyl sites for hydroxylation is 1. The fourth-order valence-corrected chi connectivity index (χ4v) is 4.69. The van der Waals surface area contributed by atoms with Crippen molar-refractivity contribution < 1.29 is 4.79 Å². The molecule has 0 N–H and O–H groups in total. The molecule has 6 nitrogen and oxygen atoms in total. The minimum absolute atomic E-state index is 0.0645. The van der Waals surface area contributed by atoms with Gasteiger partial charge in [0.1, 0.15) is 4.88 Å². The van der Waals surface area contributed by atoms with Gasteiger partial charge in [-0.1, -0.05) is 23.7 Å². The van der Waals surface area contributed by atoms with Crippen molar-refractivity contribution in [3.63, 3.8) is 0 Å². The van der Waals surface area contributed by atoms with E-state index in [1.807, 2.05) is 61.3 Å². The summed E-state index contributed by atoms with van der Waals surface area (Å²) < 4.78 is 0. The molecule has 2 aromatic heterocycles. The monoisotopic (exact) mass is 441 g/mol. The van der Waals surface area contributed by atoms with Gasteiger partial charge in [0.2, 0.25) is 5.95 Å². The second kappa shape index (κ2) is 8.70. The Morgan fingerprint density at radius 2 is 2.00 bits per heavy atom. The molecule has 1 saturated heterocycles. The second-order valence-electron chi connectivity index (χ2n) is 7.73. The average Bonchev–Trinajstić information content (AvgIpc) is 3.19. The molecule has 8 heteroatoms. The lowest BCUT2D eigenvalue weighted by atomic mass is 9.90. The van der Waals surface area contributed by atoms with Crippen molar-refractivity contribution in [3.8, 4) is 11.1 Å². The Balaban J connectivity index is 1.69. The van der Waals surface area contributed by atoms with Crippen molar-refractivity contribution in [2.45, 2.75) is 25.7 Å². The number of benzene rings is 1. The summed E-state index contributed by atoms with van der Waals surface area (Å²) >= 11 is 7.49. The summed E-state index contributed by atoms with van der Waals surface area (Å²) in [6.07, 6.45) is 3.81. The first-order valence-corrected chi connectivity index (χ1v) is 11.2. The van der Waals surface area contributed by atoms with E-state index in [0.29, 0.717) is 17.5 Å². The molecule has 1 aliphatic rings. The first-order valence-electron chi connectivity index (χ1n) is 9.93. The number of piperidine rings is 1. The van der Waals surface area contributed by atoms with Gasteiger partial charge in [-0.05, 0) is 37.5 Å². The normalized spacial score (nSPS) is 16.5. The molecule has 0 unspecified atom stereocenters. The predicted molar refractivity (Wildman–Crippen MR) is 122 cm³/mol. The van der Waals surface area contributed by atoms with Crippen LogP contribution >= 0.6 is 22.9 Å². The number of carbonyl (C=O) groups is 1. The second-order valence-corrected chi connectivity index (χ2v) is 9.02. The number of aromatic nitrogens is 3. The van der Waals surface area contributed by atoms with Gasteiger partial charge in [-0.15, -0.1) is 11.3 Å². The number of nitrogens with zero attached hydrogens (tertiary/aromatic N) is 5. The maximum absolute atomic E-state index is 13.1. The number of likely N-dealkylation sites (tertiary alicyclic amines) is 1. The van der Waals surface area contributed by atoms with Crippen LogP contribution in [-0.4, -0.2) is 52.9 Å². The third-order valence-corrected chi connectivity index (χ3v) is 6.56. The summed E-state index contributed by atoms with van der Waals surface area (Å²) in [5.74, 6) is 0.877. The lowest BCUT2D eigenvalue weighted by Gasteiger charge is -2.33. The first kappa shape index (κ1) is 20.8. The third-order valence-electron chi connectivity index (χ3n) is 5.40. The number of thiazole rings is 1. The molecule has 0 aliphatic carbocycles. The van der Waals surface area contributed by atoms with Crippen molar-refractivity contribution in [2.24, 2.45) is 0 Å². The third kappa shape index (κ3) is 4.18. The Hall–Kier alpha value is -2.51. The van der Waals surface area contributed by atoms with Crippen LogP contribution in [0.1, 0.15) is 39.8 Å². The van der Waals surface area contributed by atoms with Crippen LogP contribution in [0.25, 0.3) is 11.1 Å². The van der Waals surface area contributed by atoms with E-state index in [4.69, 9.17) is 16.6 Å². The molecule has 3 aromatic rings. The molecular weight excluding hydrogens is 418 g/mol. The maximum Gasteiger partial charge on any atom is 0.265 e. The Kier molecular flexibility index (Phi) is 6.01. The summed E-state index contributed by atoms with van der Waals surface area (Å²) in [6.45, 7) is 3.28. The highest BCUT2D eigenvalue weighted by Gasteiger charge is 2.30. The van der Waals surface area contributed by atoms with E-state index in [1.165, 1.54) is 11.3 Å². The average molecular weight is 442 g/mol. The Morgan fingerprint density at radius 1 is 1.23 bits per heavy atom. The van der Waals surface area contributed by atoms with E-state index in [0.717, 1.165) is 46.8 Å². The molecule has 3 heterocycles. The van der Waals surface area contributed by atoms with Gasteiger partial charge < -0.3 is 9.80 Å². The molecule has 4 rings (SSSR count). The highest BCUT2D eigenvalue weighted by atomic mass is 35.5. The number of hydrogen-bond donors (Lipinski definition) is 0. The van der Waals surface area contributed by atoms with E-state index in [2.05, 4.69) is 9.97 Å². The molecule has 1 aromatic carbocycles. The molecule has 1 amide bonds. The van der Waals surface area contributed by atoms with Gasteiger partial charge in [0.05, 0.1) is 16.9 Å². The highest BCUT2D eigenvalue weighted by molar-refractivity contribution is 7.11. The van der Waals surface area contributed by atoms with E-state index in [1.54, 1.807) is 5.51 Å². The van der Waals surface area contributed by atoms with Gasteiger partial charge in [-0.2, -0.15) is 0 Å². The fraction of sp³-hybridized carbons (Fsp3) is 0.364. The summed E-state index contributed by atoms with van der Waals surface area (Å²) in [6, 6.07) is 7.74. The molecule has 1 atom stereocenters. The van der Waals surface area contributed by atoms with Gasteiger partial charge in [0, 0.05) is 49.9 Å². The largest absolute Gasteiger partial charge is 0.347 e. The molecule has 156 valence electrons. The molecule has 0 bridgehead atoms. The quantitative estimate of drug-likeness (QED) is 0.589. The Labute approximate surface area is 185 Å². The van der Waals surface area contributed by atoms with Crippen LogP contribution in [0.2, 0.25) is 5.02 Å². The van der Waals surface area contributed by atoms with E-state index in [-0.39, 0.29) is 11.8 Å². The minimum Gasteiger partial charge on any atom is -0.347 e. The van der Waals surface area contributed by atoms with Crippen LogP contribution in [0.3, 0.4) is 0 Å². The van der Waals surface area contributed by atoms with Crippen LogP contribution in [-0.2, 0) is 0 Å². The van der Waals surface area contributed by atoms with E-state index >= 15 is 0 Å². The van der Waals surface area contributed by atoms with Crippen LogP contribution in [0, 0.1) is 6.92 Å². The topological polar surface area (TPSA) is 62.2 Å². The van der Waals surface area contributed by atoms with Crippen LogP contribution < -0.4 is 4.90 Å². The molecule has 0 spiro atoms. The number of carbonyl (C=O) groups excluding carboxylic acids is 1. The Bertz CT molecular complexity index is 1050. The van der Waals surface area contributed by atoms with E-state index < -0.39 is 0 Å². The van der Waals surface area contributed by atoms with Crippen LogP contribution in [0.5, 0.6) is 0 Å². The molecule has 0 radical (unpaired) electrons. The van der Waals surface area contributed by atoms with Crippen molar-refractivity contribution in [1.82, 2.24) is 19.9 Å². The van der Waals surface area contributed by atoms with Gasteiger partial charge in [-0.3, -0.25) is 4.79 Å². The molecule has 1 aliphatic heterocycles. The van der Waals surface area contributed by atoms with Gasteiger partial charge in [-0.25, -0.2) is 15.0 Å². The summed E-state index contributed by atoms with van der Waals surface area (Å²) in [4.78, 5) is 31.3. The van der Waals surface area contributed by atoms with Gasteiger partial charge >= 0.3 is 0 Å². The maximum atomic E-state index is 13.1. The Morgan fingerprint density at radius 3 is 2.67 bits per heavy atom. The van der Waals surface area contributed by atoms with Crippen LogP contribution in [0.15, 0.2) is 36.0 Å². The van der Waals surface area contributed by atoms with Gasteiger partial charge in [0.25, 0.3) is 5.91 Å². The van der Waals surface area contributed by atoms with Crippen molar-refractivity contribution in [3.05, 3.63) is 57.3 Å². The number of anilines is 1. The highest BCUT2D eigenvalue weighted by Crippen LogP contribution is 2.35. The summed E-state index contributed by atoms with van der Waals surface area (Å²) in [5.41, 5.74) is 5.53. The molecule has 30 heavy (non-hydrogen) atoms. The van der Waals surface area contributed by atoms with Crippen molar-refractivity contribution in [1.29, 1.82) is 0 Å². The number of amides is 1. The van der Waals surface area contributed by atoms with E-state index in [9.17, 15) is 4.79 Å². The summed E-state index contributed by atoms with van der Waals surface area (Å²) in [5, 5.41) is 0.695.